The van der Waals surface area contributed by atoms with Crippen LogP contribution in [0, 0.1) is 12.8 Å². The Kier molecular flexibility index (Phi) is 4.90. The van der Waals surface area contributed by atoms with Crippen molar-refractivity contribution in [2.75, 3.05) is 19.6 Å². The van der Waals surface area contributed by atoms with E-state index in [0.29, 0.717) is 5.91 Å². The molecule has 1 saturated heterocycles. The normalized spacial score (nSPS) is 14.6. The molecule has 116 valence electrons. The molecule has 1 aromatic carbocycles. The maximum atomic E-state index is 12.6. The fourth-order valence-corrected chi connectivity index (χ4v) is 3.56. The van der Waals surface area contributed by atoms with Crippen molar-refractivity contribution >= 4 is 17.2 Å². The van der Waals surface area contributed by atoms with Gasteiger partial charge in [-0.1, -0.05) is 30.3 Å². The highest BCUT2D eigenvalue weighted by atomic mass is 32.1. The lowest BCUT2D eigenvalue weighted by atomic mass is 10.0. The lowest BCUT2D eigenvalue weighted by Crippen LogP contribution is -2.52. The molecular weight excluding hydrogens is 292 g/mol. The number of carbonyl (C=O) groups is 1. The predicted molar refractivity (Wildman–Crippen MR) is 91.0 cm³/mol. The Labute approximate surface area is 136 Å². The van der Waals surface area contributed by atoms with Crippen LogP contribution in [-0.4, -0.2) is 30.4 Å². The number of nitrogens with zero attached hydrogens (tertiary/aromatic N) is 1. The van der Waals surface area contributed by atoms with Crippen molar-refractivity contribution in [2.24, 2.45) is 5.92 Å². The molecule has 3 nitrogen and oxygen atoms in total. The van der Waals surface area contributed by atoms with E-state index in [-0.39, 0.29) is 5.92 Å². The van der Waals surface area contributed by atoms with Crippen LogP contribution in [0.4, 0.5) is 0 Å². The van der Waals surface area contributed by atoms with Gasteiger partial charge in [0.1, 0.15) is 0 Å². The average Bonchev–Trinajstić information content (AvgIpc) is 2.88. The number of nitrogens with one attached hydrogen (secondary N) is 1. The standard InChI is InChI=1S/C18H22N2OS/c1-14-7-8-17(22-14)13-20(18(21)16-11-19-12-16)10-9-15-5-3-2-4-6-15/h2-8,16,19H,9-13H2,1H3. The quantitative estimate of drug-likeness (QED) is 0.889. The third kappa shape index (κ3) is 3.76. The Balaban J connectivity index is 1.66. The van der Waals surface area contributed by atoms with Crippen LogP contribution >= 0.6 is 11.3 Å². The first-order chi connectivity index (χ1) is 10.7. The van der Waals surface area contributed by atoms with Crippen LogP contribution in [0.5, 0.6) is 0 Å². The summed E-state index contributed by atoms with van der Waals surface area (Å²) in [5.41, 5.74) is 1.29. The molecule has 22 heavy (non-hydrogen) atoms. The number of rotatable bonds is 6. The van der Waals surface area contributed by atoms with E-state index in [1.807, 2.05) is 11.0 Å². The molecule has 3 rings (SSSR count). The van der Waals surface area contributed by atoms with Gasteiger partial charge in [-0.3, -0.25) is 4.79 Å². The molecule has 1 aliphatic heterocycles. The number of hydrogen-bond acceptors (Lipinski definition) is 3. The number of thiophene rings is 1. The van der Waals surface area contributed by atoms with Crippen LogP contribution in [0.1, 0.15) is 15.3 Å². The van der Waals surface area contributed by atoms with Gasteiger partial charge in [0, 0.05) is 29.4 Å². The summed E-state index contributed by atoms with van der Waals surface area (Å²) in [6, 6.07) is 14.7. The molecule has 1 aromatic heterocycles. The first-order valence-electron chi connectivity index (χ1n) is 7.81. The number of benzene rings is 1. The second-order valence-corrected chi connectivity index (χ2v) is 7.24. The zero-order chi connectivity index (χ0) is 15.4. The molecule has 2 aromatic rings. The van der Waals surface area contributed by atoms with Gasteiger partial charge in [-0.15, -0.1) is 11.3 Å². The molecule has 0 bridgehead atoms. The minimum Gasteiger partial charge on any atom is -0.337 e. The van der Waals surface area contributed by atoms with Crippen molar-refractivity contribution in [3.8, 4) is 0 Å². The lowest BCUT2D eigenvalue weighted by molar-refractivity contribution is -0.137. The highest BCUT2D eigenvalue weighted by Gasteiger charge is 2.29. The highest BCUT2D eigenvalue weighted by molar-refractivity contribution is 7.11. The summed E-state index contributed by atoms with van der Waals surface area (Å²) in [7, 11) is 0. The van der Waals surface area contributed by atoms with Crippen LogP contribution in [0.25, 0.3) is 0 Å². The van der Waals surface area contributed by atoms with Crippen molar-refractivity contribution < 1.29 is 4.79 Å². The highest BCUT2D eigenvalue weighted by Crippen LogP contribution is 2.19. The number of carbonyl (C=O) groups excluding carboxylic acids is 1. The number of aryl methyl sites for hydroxylation is 1. The number of hydrogen-bond donors (Lipinski definition) is 1. The number of amides is 1. The van der Waals surface area contributed by atoms with Crippen LogP contribution in [0.15, 0.2) is 42.5 Å². The Hall–Kier alpha value is -1.65. The topological polar surface area (TPSA) is 32.3 Å². The van der Waals surface area contributed by atoms with E-state index in [9.17, 15) is 4.79 Å². The fourth-order valence-electron chi connectivity index (χ4n) is 2.66. The van der Waals surface area contributed by atoms with Gasteiger partial charge in [0.05, 0.1) is 12.5 Å². The van der Waals surface area contributed by atoms with Crippen LogP contribution < -0.4 is 5.32 Å². The Morgan fingerprint density at radius 2 is 2.00 bits per heavy atom. The van der Waals surface area contributed by atoms with Gasteiger partial charge >= 0.3 is 0 Å². The molecule has 4 heteroatoms. The molecule has 1 fully saturated rings. The minimum atomic E-state index is 0.164. The molecule has 1 amide bonds. The molecule has 0 aliphatic carbocycles. The zero-order valence-electron chi connectivity index (χ0n) is 12.9. The summed E-state index contributed by atoms with van der Waals surface area (Å²) >= 11 is 1.78. The van der Waals surface area contributed by atoms with E-state index in [2.05, 4.69) is 48.6 Å². The van der Waals surface area contributed by atoms with Gasteiger partial charge in [0.15, 0.2) is 0 Å². The Bertz CT molecular complexity index is 619. The fraction of sp³-hybridized carbons (Fsp3) is 0.389. The van der Waals surface area contributed by atoms with Crippen LogP contribution in [0.2, 0.25) is 0 Å². The third-order valence-electron chi connectivity index (χ3n) is 4.10. The van der Waals surface area contributed by atoms with Crippen molar-refractivity contribution in [3.63, 3.8) is 0 Å². The van der Waals surface area contributed by atoms with Crippen molar-refractivity contribution in [1.82, 2.24) is 10.2 Å². The summed E-state index contributed by atoms with van der Waals surface area (Å²) in [4.78, 5) is 17.3. The van der Waals surface area contributed by atoms with Crippen LogP contribution in [0.3, 0.4) is 0 Å². The van der Waals surface area contributed by atoms with E-state index in [1.165, 1.54) is 15.3 Å². The van der Waals surface area contributed by atoms with E-state index in [4.69, 9.17) is 0 Å². The second-order valence-electron chi connectivity index (χ2n) is 5.86. The molecule has 0 saturated carbocycles. The zero-order valence-corrected chi connectivity index (χ0v) is 13.7. The predicted octanol–water partition coefficient (Wildman–Crippen LogP) is 2.85. The molecule has 0 spiro atoms. The van der Waals surface area contributed by atoms with E-state index < -0.39 is 0 Å². The third-order valence-corrected chi connectivity index (χ3v) is 5.08. The summed E-state index contributed by atoms with van der Waals surface area (Å²) in [6.45, 7) is 5.28. The summed E-state index contributed by atoms with van der Waals surface area (Å²) in [5, 5.41) is 3.19. The minimum absolute atomic E-state index is 0.164. The monoisotopic (exact) mass is 314 g/mol. The van der Waals surface area contributed by atoms with Crippen molar-refractivity contribution in [1.29, 1.82) is 0 Å². The van der Waals surface area contributed by atoms with E-state index in [0.717, 1.165) is 32.6 Å². The molecule has 1 N–H and O–H groups in total. The summed E-state index contributed by atoms with van der Waals surface area (Å²) in [6.07, 6.45) is 0.914. The SMILES string of the molecule is Cc1ccc(CN(CCc2ccccc2)C(=O)C2CNC2)s1. The van der Waals surface area contributed by atoms with Gasteiger partial charge < -0.3 is 10.2 Å². The maximum absolute atomic E-state index is 12.6. The molecule has 0 radical (unpaired) electrons. The lowest BCUT2D eigenvalue weighted by Gasteiger charge is -2.32. The van der Waals surface area contributed by atoms with Crippen LogP contribution in [-0.2, 0) is 17.8 Å². The van der Waals surface area contributed by atoms with Gasteiger partial charge in [0.2, 0.25) is 5.91 Å². The molecule has 0 unspecified atom stereocenters. The van der Waals surface area contributed by atoms with Crippen molar-refractivity contribution in [2.45, 2.75) is 19.9 Å². The largest absolute Gasteiger partial charge is 0.337 e. The van der Waals surface area contributed by atoms with Crippen molar-refractivity contribution in [3.05, 3.63) is 57.8 Å². The molecule has 1 aliphatic rings. The molecule has 0 atom stereocenters. The summed E-state index contributed by atoms with van der Waals surface area (Å²) < 4.78 is 0. The van der Waals surface area contributed by atoms with E-state index in [1.54, 1.807) is 11.3 Å². The first kappa shape index (κ1) is 15.3. The van der Waals surface area contributed by atoms with Gasteiger partial charge in [-0.25, -0.2) is 0 Å². The average molecular weight is 314 g/mol. The van der Waals surface area contributed by atoms with Gasteiger partial charge in [0.25, 0.3) is 0 Å². The Morgan fingerprint density at radius 3 is 2.59 bits per heavy atom. The first-order valence-corrected chi connectivity index (χ1v) is 8.63. The maximum Gasteiger partial charge on any atom is 0.228 e. The van der Waals surface area contributed by atoms with Gasteiger partial charge in [-0.05, 0) is 31.0 Å². The smallest absolute Gasteiger partial charge is 0.228 e. The second kappa shape index (κ2) is 7.07. The van der Waals surface area contributed by atoms with E-state index >= 15 is 0 Å². The molecule has 2 heterocycles. The van der Waals surface area contributed by atoms with Gasteiger partial charge in [-0.2, -0.15) is 0 Å². The summed E-state index contributed by atoms with van der Waals surface area (Å²) in [5.74, 6) is 0.456. The molecular formula is C18H22N2OS. The Morgan fingerprint density at radius 1 is 1.23 bits per heavy atom.